The van der Waals surface area contributed by atoms with Crippen LogP contribution in [0.5, 0.6) is 5.75 Å². The van der Waals surface area contributed by atoms with Crippen LogP contribution in [0, 0.1) is 0 Å². The number of halogens is 1. The molecule has 9 nitrogen and oxygen atoms in total. The van der Waals surface area contributed by atoms with E-state index < -0.39 is 10.0 Å². The molecule has 1 saturated heterocycles. The Hall–Kier alpha value is -3.22. The molecule has 1 fully saturated rings. The van der Waals surface area contributed by atoms with Gasteiger partial charge < -0.3 is 9.47 Å². The van der Waals surface area contributed by atoms with E-state index in [-0.39, 0.29) is 23.2 Å². The van der Waals surface area contributed by atoms with Crippen LogP contribution in [0.3, 0.4) is 0 Å². The maximum atomic E-state index is 13.9. The summed E-state index contributed by atoms with van der Waals surface area (Å²) >= 11 is 1.44. The number of thiazole rings is 1. The Morgan fingerprint density at radius 1 is 1.02 bits per heavy atom. The van der Waals surface area contributed by atoms with Crippen molar-refractivity contribution in [1.82, 2.24) is 9.88 Å². The van der Waals surface area contributed by atoms with Gasteiger partial charge in [0, 0.05) is 38.8 Å². The quantitative estimate of drug-likeness (QED) is 0.222. The number of amides is 1. The summed E-state index contributed by atoms with van der Waals surface area (Å²) in [6, 6.07) is 20.8. The minimum absolute atomic E-state index is 0. The topological polar surface area (TPSA) is 92.3 Å². The molecule has 0 N–H and O–H groups in total. The van der Waals surface area contributed by atoms with Crippen LogP contribution in [0.15, 0.2) is 77.7 Å². The van der Waals surface area contributed by atoms with Crippen LogP contribution in [0.4, 0.5) is 10.8 Å². The number of aromatic nitrogens is 1. The first-order chi connectivity index (χ1) is 19.9. The van der Waals surface area contributed by atoms with Crippen molar-refractivity contribution in [2.24, 2.45) is 0 Å². The van der Waals surface area contributed by atoms with Crippen molar-refractivity contribution in [3.63, 3.8) is 0 Å². The minimum Gasteiger partial charge on any atom is -0.492 e. The second-order valence-corrected chi connectivity index (χ2v) is 12.6. The average Bonchev–Trinajstić information content (AvgIpc) is 3.45. The molecule has 0 saturated carbocycles. The molecule has 1 aliphatic rings. The molecule has 0 atom stereocenters. The number of sulfonamides is 1. The number of carbonyl (C=O) groups excluding carboxylic acids is 1. The maximum absolute atomic E-state index is 13.9. The second kappa shape index (κ2) is 14.3. The molecule has 0 bridgehead atoms. The predicted octanol–water partition coefficient (Wildman–Crippen LogP) is 5.31. The molecule has 0 spiro atoms. The van der Waals surface area contributed by atoms with Crippen LogP contribution >= 0.6 is 23.7 Å². The zero-order chi connectivity index (χ0) is 28.8. The van der Waals surface area contributed by atoms with E-state index >= 15 is 0 Å². The summed E-state index contributed by atoms with van der Waals surface area (Å²) < 4.78 is 39.9. The average molecular weight is 631 g/mol. The third-order valence-corrected chi connectivity index (χ3v) is 9.83. The van der Waals surface area contributed by atoms with Gasteiger partial charge in [0.25, 0.3) is 15.9 Å². The molecular formula is C30H35ClN4O5S2. The molecule has 0 radical (unpaired) electrons. The molecule has 42 heavy (non-hydrogen) atoms. The van der Waals surface area contributed by atoms with Crippen molar-refractivity contribution in [3.8, 4) is 5.75 Å². The van der Waals surface area contributed by atoms with Gasteiger partial charge in [0.2, 0.25) is 0 Å². The van der Waals surface area contributed by atoms with Gasteiger partial charge in [-0.05, 0) is 61.9 Å². The molecule has 2 heterocycles. The van der Waals surface area contributed by atoms with Gasteiger partial charge in [0.05, 0.1) is 35.1 Å². The highest BCUT2D eigenvalue weighted by Crippen LogP contribution is 2.35. The van der Waals surface area contributed by atoms with Gasteiger partial charge in [-0.25, -0.2) is 13.4 Å². The van der Waals surface area contributed by atoms with Gasteiger partial charge in [0.1, 0.15) is 11.3 Å². The lowest BCUT2D eigenvalue weighted by Crippen LogP contribution is -2.39. The highest BCUT2D eigenvalue weighted by Gasteiger charge is 2.25. The number of nitrogens with zero attached hydrogens (tertiary/aromatic N) is 4. The number of carbonyl (C=O) groups is 1. The summed E-state index contributed by atoms with van der Waals surface area (Å²) in [4.78, 5) is 22.9. The van der Waals surface area contributed by atoms with Gasteiger partial charge in [0.15, 0.2) is 5.13 Å². The van der Waals surface area contributed by atoms with E-state index in [1.165, 1.54) is 34.8 Å². The van der Waals surface area contributed by atoms with Crippen molar-refractivity contribution < 1.29 is 22.7 Å². The molecule has 0 aliphatic carbocycles. The number of morpholine rings is 1. The van der Waals surface area contributed by atoms with Crippen LogP contribution in [0.1, 0.15) is 23.7 Å². The van der Waals surface area contributed by atoms with Crippen molar-refractivity contribution in [2.45, 2.75) is 18.2 Å². The van der Waals surface area contributed by atoms with E-state index in [2.05, 4.69) is 4.90 Å². The summed E-state index contributed by atoms with van der Waals surface area (Å²) in [5.74, 6) is 0.453. The molecule has 3 aromatic carbocycles. The highest BCUT2D eigenvalue weighted by molar-refractivity contribution is 7.92. The Morgan fingerprint density at radius 2 is 1.74 bits per heavy atom. The standard InChI is InChI=1S/C30H34N4O5S2.ClH/c1-3-39-26-11-7-12-27-28(26)31-30(40-27)34(18-8-17-33-19-21-38-22-20-33)29(35)23-13-15-25(16-14-23)41(36,37)32(2)24-9-5-4-6-10-24;/h4-7,9-16H,3,8,17-22H2,1-2H3;1H. The van der Waals surface area contributed by atoms with E-state index in [0.29, 0.717) is 35.3 Å². The molecule has 12 heteroatoms. The van der Waals surface area contributed by atoms with E-state index in [4.69, 9.17) is 14.5 Å². The number of benzene rings is 3. The summed E-state index contributed by atoms with van der Waals surface area (Å²) in [6.45, 7) is 6.94. The van der Waals surface area contributed by atoms with Crippen LogP contribution in [-0.2, 0) is 14.8 Å². The summed E-state index contributed by atoms with van der Waals surface area (Å²) in [7, 11) is -2.28. The number of hydrogen-bond acceptors (Lipinski definition) is 8. The fourth-order valence-electron chi connectivity index (χ4n) is 4.72. The fourth-order valence-corrected chi connectivity index (χ4v) is 6.92. The third-order valence-electron chi connectivity index (χ3n) is 6.99. The van der Waals surface area contributed by atoms with Crippen molar-refractivity contribution in [1.29, 1.82) is 0 Å². The van der Waals surface area contributed by atoms with Crippen LogP contribution in [0.2, 0.25) is 0 Å². The fraction of sp³-hybridized carbons (Fsp3) is 0.333. The van der Waals surface area contributed by atoms with Crippen LogP contribution in [0.25, 0.3) is 10.2 Å². The Labute approximate surface area is 257 Å². The Kier molecular flexibility index (Phi) is 10.8. The SMILES string of the molecule is CCOc1cccc2sc(N(CCCN3CCOCC3)C(=O)c3ccc(S(=O)(=O)N(C)c4ccccc4)cc3)nc12.Cl. The van der Waals surface area contributed by atoms with E-state index in [0.717, 1.165) is 49.5 Å². The summed E-state index contributed by atoms with van der Waals surface area (Å²) in [5.41, 5.74) is 1.68. The van der Waals surface area contributed by atoms with Gasteiger partial charge in [-0.3, -0.25) is 18.9 Å². The smallest absolute Gasteiger partial charge is 0.264 e. The van der Waals surface area contributed by atoms with Gasteiger partial charge in [-0.1, -0.05) is 35.6 Å². The van der Waals surface area contributed by atoms with Crippen LogP contribution in [-0.4, -0.2) is 77.3 Å². The molecule has 1 aromatic heterocycles. The molecule has 0 unspecified atom stereocenters. The second-order valence-electron chi connectivity index (χ2n) is 9.63. The number of ether oxygens (including phenoxy) is 2. The molecule has 4 aromatic rings. The number of anilines is 2. The van der Waals surface area contributed by atoms with Gasteiger partial charge in [-0.15, -0.1) is 12.4 Å². The molecule has 1 aliphatic heterocycles. The largest absolute Gasteiger partial charge is 0.492 e. The van der Waals surface area contributed by atoms with Crippen molar-refractivity contribution in [2.75, 3.05) is 62.3 Å². The first-order valence-electron chi connectivity index (χ1n) is 13.7. The Balaban J connectivity index is 0.00000405. The molecule has 224 valence electrons. The molecule has 5 rings (SSSR count). The minimum atomic E-state index is -3.79. The maximum Gasteiger partial charge on any atom is 0.264 e. The van der Waals surface area contributed by atoms with Gasteiger partial charge in [-0.2, -0.15) is 0 Å². The lowest BCUT2D eigenvalue weighted by Gasteiger charge is -2.27. The van der Waals surface area contributed by atoms with Crippen molar-refractivity contribution >= 4 is 60.7 Å². The number of hydrogen-bond donors (Lipinski definition) is 0. The molecule has 1 amide bonds. The Morgan fingerprint density at radius 3 is 2.43 bits per heavy atom. The lowest BCUT2D eigenvalue weighted by molar-refractivity contribution is 0.0376. The van der Waals surface area contributed by atoms with E-state index in [9.17, 15) is 13.2 Å². The number of para-hydroxylation sites is 2. The van der Waals surface area contributed by atoms with Crippen molar-refractivity contribution in [3.05, 3.63) is 78.4 Å². The van der Waals surface area contributed by atoms with E-state index in [1.807, 2.05) is 31.2 Å². The first kappa shape index (κ1) is 31.7. The normalized spacial score (nSPS) is 13.9. The van der Waals surface area contributed by atoms with Crippen LogP contribution < -0.4 is 13.9 Å². The zero-order valence-corrected chi connectivity index (χ0v) is 26.1. The summed E-state index contributed by atoms with van der Waals surface area (Å²) in [5, 5.41) is 0.583. The number of fused-ring (bicyclic) bond motifs is 1. The van der Waals surface area contributed by atoms with E-state index in [1.54, 1.807) is 41.3 Å². The third kappa shape index (κ3) is 7.04. The first-order valence-corrected chi connectivity index (χ1v) is 15.9. The monoisotopic (exact) mass is 630 g/mol. The Bertz CT molecular complexity index is 1580. The van der Waals surface area contributed by atoms with Gasteiger partial charge >= 0.3 is 0 Å². The highest BCUT2D eigenvalue weighted by atomic mass is 35.5. The number of rotatable bonds is 11. The zero-order valence-electron chi connectivity index (χ0n) is 23.6. The molecular weight excluding hydrogens is 596 g/mol. The summed E-state index contributed by atoms with van der Waals surface area (Å²) in [6.07, 6.45) is 0.758. The predicted molar refractivity (Wildman–Crippen MR) is 170 cm³/mol. The lowest BCUT2D eigenvalue weighted by atomic mass is 10.2.